The molecule has 146 valence electrons. The van der Waals surface area contributed by atoms with Crippen molar-refractivity contribution in [2.24, 2.45) is 7.05 Å². The molecule has 0 aliphatic rings. The average molecular weight is 388 g/mol. The second-order valence-corrected chi connectivity index (χ2v) is 7.81. The first-order chi connectivity index (χ1) is 13.0. The zero-order valence-electron chi connectivity index (χ0n) is 16.6. The van der Waals surface area contributed by atoms with Gasteiger partial charge in [0.15, 0.2) is 5.16 Å². The molecule has 6 heteroatoms. The van der Waals surface area contributed by atoms with Crippen molar-refractivity contribution in [2.75, 3.05) is 6.54 Å². The number of carbonyl (C=O) groups is 1. The number of carbonyl (C=O) groups excluding carboxylic acids is 1. The monoisotopic (exact) mass is 387 g/mol. The number of amides is 1. The Morgan fingerprint density at radius 1 is 1.26 bits per heavy atom. The Morgan fingerprint density at radius 3 is 2.59 bits per heavy atom. The van der Waals surface area contributed by atoms with Crippen molar-refractivity contribution in [3.8, 4) is 0 Å². The van der Waals surface area contributed by atoms with Gasteiger partial charge < -0.3 is 5.32 Å². The first kappa shape index (κ1) is 21.2. The quantitative estimate of drug-likeness (QED) is 0.407. The van der Waals surface area contributed by atoms with Crippen LogP contribution in [0.1, 0.15) is 49.9 Å². The molecule has 0 radical (unpaired) electrons. The Bertz CT molecular complexity index is 818. The van der Waals surface area contributed by atoms with Crippen molar-refractivity contribution in [3.05, 3.63) is 57.5 Å². The molecule has 0 saturated heterocycles. The Labute approximate surface area is 165 Å². The van der Waals surface area contributed by atoms with Gasteiger partial charge in [-0.3, -0.25) is 14.2 Å². The maximum Gasteiger partial charge on any atom is 0.257 e. The van der Waals surface area contributed by atoms with Crippen LogP contribution in [-0.4, -0.2) is 27.3 Å². The van der Waals surface area contributed by atoms with E-state index < -0.39 is 0 Å². The summed E-state index contributed by atoms with van der Waals surface area (Å²) in [7, 11) is 1.73. The number of unbranched alkanes of at least 4 members (excludes halogenated alkanes) is 1. The lowest BCUT2D eigenvalue weighted by atomic mass is 10.1. The van der Waals surface area contributed by atoms with Crippen molar-refractivity contribution in [1.82, 2.24) is 14.9 Å². The fourth-order valence-corrected chi connectivity index (χ4v) is 3.83. The van der Waals surface area contributed by atoms with Crippen LogP contribution in [-0.2, 0) is 18.3 Å². The molecule has 27 heavy (non-hydrogen) atoms. The third-order valence-electron chi connectivity index (χ3n) is 4.51. The molecule has 2 rings (SSSR count). The Morgan fingerprint density at radius 2 is 1.96 bits per heavy atom. The minimum Gasteiger partial charge on any atom is -0.355 e. The molecule has 1 heterocycles. The highest BCUT2D eigenvalue weighted by Gasteiger charge is 2.21. The molecule has 1 atom stereocenters. The number of benzene rings is 1. The Balaban J connectivity index is 2.20. The van der Waals surface area contributed by atoms with Gasteiger partial charge >= 0.3 is 0 Å². The number of nitrogens with zero attached hydrogens (tertiary/aromatic N) is 2. The van der Waals surface area contributed by atoms with E-state index in [2.05, 4.69) is 17.2 Å². The van der Waals surface area contributed by atoms with Crippen molar-refractivity contribution in [3.63, 3.8) is 0 Å². The van der Waals surface area contributed by atoms with Crippen LogP contribution in [0.2, 0.25) is 0 Å². The van der Waals surface area contributed by atoms with E-state index in [1.165, 1.54) is 11.8 Å². The van der Waals surface area contributed by atoms with E-state index in [0.717, 1.165) is 24.1 Å². The minimum absolute atomic E-state index is 0.0104. The number of aromatic nitrogens is 2. The molecule has 0 aliphatic carbocycles. The second kappa shape index (κ2) is 10.3. The molecule has 1 aromatic heterocycles. The van der Waals surface area contributed by atoms with Gasteiger partial charge in [-0.15, -0.1) is 0 Å². The van der Waals surface area contributed by atoms with Gasteiger partial charge in [0.1, 0.15) is 0 Å². The van der Waals surface area contributed by atoms with Gasteiger partial charge in [-0.2, -0.15) is 0 Å². The van der Waals surface area contributed by atoms with Crippen LogP contribution < -0.4 is 10.9 Å². The van der Waals surface area contributed by atoms with Crippen molar-refractivity contribution >= 4 is 17.7 Å². The van der Waals surface area contributed by atoms with Crippen molar-refractivity contribution in [2.45, 2.75) is 56.9 Å². The molecule has 2 aromatic rings. The Kier molecular flexibility index (Phi) is 8.10. The molecule has 1 amide bonds. The number of rotatable bonds is 9. The zero-order valence-corrected chi connectivity index (χ0v) is 17.4. The van der Waals surface area contributed by atoms with Gasteiger partial charge in [0.2, 0.25) is 5.91 Å². The maximum atomic E-state index is 12.9. The van der Waals surface area contributed by atoms with Crippen LogP contribution in [0, 0.1) is 6.92 Å². The van der Waals surface area contributed by atoms with E-state index in [1.54, 1.807) is 11.6 Å². The summed E-state index contributed by atoms with van der Waals surface area (Å²) in [5.41, 5.74) is 2.47. The highest BCUT2D eigenvalue weighted by atomic mass is 32.2. The highest BCUT2D eigenvalue weighted by Crippen LogP contribution is 2.24. The molecule has 0 bridgehead atoms. The molecule has 0 saturated carbocycles. The third kappa shape index (κ3) is 5.70. The minimum atomic E-state index is -0.251. The van der Waals surface area contributed by atoms with Crippen molar-refractivity contribution < 1.29 is 4.79 Å². The second-order valence-electron chi connectivity index (χ2n) is 6.64. The lowest BCUT2D eigenvalue weighted by molar-refractivity contribution is -0.120. The van der Waals surface area contributed by atoms with Gasteiger partial charge in [-0.25, -0.2) is 4.98 Å². The summed E-state index contributed by atoms with van der Waals surface area (Å²) < 4.78 is 1.57. The fourth-order valence-electron chi connectivity index (χ4n) is 2.79. The van der Waals surface area contributed by atoms with Gasteiger partial charge in [0, 0.05) is 31.3 Å². The largest absolute Gasteiger partial charge is 0.355 e. The predicted octanol–water partition coefficient (Wildman–Crippen LogP) is 3.47. The SMILES string of the molecule is CCCCNC(=O)C(CC)Sc1nc(C)c(Cc2ccccc2)c(=O)n1C. The van der Waals surface area contributed by atoms with Crippen molar-refractivity contribution in [1.29, 1.82) is 0 Å². The first-order valence-electron chi connectivity index (χ1n) is 9.52. The molecular weight excluding hydrogens is 358 g/mol. The topological polar surface area (TPSA) is 64.0 Å². The van der Waals surface area contributed by atoms with E-state index in [1.807, 2.05) is 44.2 Å². The van der Waals surface area contributed by atoms with Gasteiger partial charge in [-0.05, 0) is 25.3 Å². The normalized spacial score (nSPS) is 12.0. The lowest BCUT2D eigenvalue weighted by Gasteiger charge is -2.17. The summed E-state index contributed by atoms with van der Waals surface area (Å²) in [5, 5.41) is 3.31. The number of aryl methyl sites for hydroxylation is 1. The molecule has 0 aliphatic heterocycles. The molecule has 0 spiro atoms. The molecule has 1 N–H and O–H groups in total. The van der Waals surface area contributed by atoms with Gasteiger partial charge in [0.25, 0.3) is 5.56 Å². The van der Waals surface area contributed by atoms with Gasteiger partial charge in [-0.1, -0.05) is 62.4 Å². The number of hydrogen-bond donors (Lipinski definition) is 1. The van der Waals surface area contributed by atoms with Gasteiger partial charge in [0.05, 0.1) is 5.25 Å². The molecule has 1 unspecified atom stereocenters. The number of hydrogen-bond acceptors (Lipinski definition) is 4. The summed E-state index contributed by atoms with van der Waals surface area (Å²) in [5.74, 6) is 0.0104. The van der Waals surface area contributed by atoms with E-state index in [0.29, 0.717) is 30.1 Å². The predicted molar refractivity (Wildman–Crippen MR) is 111 cm³/mol. The molecular formula is C21H29N3O2S. The highest BCUT2D eigenvalue weighted by molar-refractivity contribution is 8.00. The van der Waals surface area contributed by atoms with E-state index in [-0.39, 0.29) is 16.7 Å². The average Bonchev–Trinajstić information content (AvgIpc) is 2.67. The van der Waals surface area contributed by atoms with Crippen LogP contribution >= 0.6 is 11.8 Å². The zero-order chi connectivity index (χ0) is 19.8. The third-order valence-corrected chi connectivity index (χ3v) is 5.92. The number of thioether (sulfide) groups is 1. The summed E-state index contributed by atoms with van der Waals surface area (Å²) >= 11 is 1.36. The van der Waals surface area contributed by atoms with E-state index >= 15 is 0 Å². The summed E-state index contributed by atoms with van der Waals surface area (Å²) in [6.45, 7) is 6.63. The number of nitrogens with one attached hydrogen (secondary N) is 1. The maximum absolute atomic E-state index is 12.9. The van der Waals surface area contributed by atoms with Crippen LogP contribution in [0.25, 0.3) is 0 Å². The molecule has 1 aromatic carbocycles. The molecule has 5 nitrogen and oxygen atoms in total. The van der Waals surface area contributed by atoms with Crippen LogP contribution in [0.4, 0.5) is 0 Å². The summed E-state index contributed by atoms with van der Waals surface area (Å²) in [6.07, 6.45) is 3.26. The smallest absolute Gasteiger partial charge is 0.257 e. The standard InChI is InChI=1S/C21H29N3O2S/c1-5-7-13-22-19(25)18(6-2)27-21-23-15(3)17(20(26)24(21)4)14-16-11-9-8-10-12-16/h8-12,18H,5-7,13-14H2,1-4H3,(H,22,25). The lowest BCUT2D eigenvalue weighted by Crippen LogP contribution is -2.34. The fraction of sp³-hybridized carbons (Fsp3) is 0.476. The van der Waals surface area contributed by atoms with Crippen LogP contribution in [0.5, 0.6) is 0 Å². The van der Waals surface area contributed by atoms with E-state index in [9.17, 15) is 9.59 Å². The molecule has 0 fully saturated rings. The Hall–Kier alpha value is -2.08. The summed E-state index contributed by atoms with van der Waals surface area (Å²) in [6, 6.07) is 9.92. The summed E-state index contributed by atoms with van der Waals surface area (Å²) in [4.78, 5) is 29.9. The van der Waals surface area contributed by atoms with Crippen LogP contribution in [0.15, 0.2) is 40.3 Å². The van der Waals surface area contributed by atoms with Crippen LogP contribution in [0.3, 0.4) is 0 Å². The first-order valence-corrected chi connectivity index (χ1v) is 10.4. The van der Waals surface area contributed by atoms with E-state index in [4.69, 9.17) is 0 Å².